The van der Waals surface area contributed by atoms with Crippen LogP contribution in [0.25, 0.3) is 5.82 Å². The van der Waals surface area contributed by atoms with E-state index in [-0.39, 0.29) is 11.8 Å². The largest absolute Gasteiger partial charge is 0.368 e. The zero-order valence-electron chi connectivity index (χ0n) is 16.9. The molecule has 3 aromatic rings. The van der Waals surface area contributed by atoms with Gasteiger partial charge in [0.15, 0.2) is 0 Å². The molecule has 0 spiro atoms. The fraction of sp³-hybridized carbons (Fsp3) is 0.273. The van der Waals surface area contributed by atoms with E-state index in [9.17, 15) is 9.59 Å². The Hall–Kier alpha value is -3.68. The summed E-state index contributed by atoms with van der Waals surface area (Å²) in [4.78, 5) is 37.1. The van der Waals surface area contributed by atoms with Gasteiger partial charge in [0.1, 0.15) is 17.8 Å². The van der Waals surface area contributed by atoms with Crippen LogP contribution in [0, 0.1) is 0 Å². The van der Waals surface area contributed by atoms with E-state index in [1.54, 1.807) is 42.3 Å². The summed E-state index contributed by atoms with van der Waals surface area (Å²) in [5, 5.41) is 2.76. The van der Waals surface area contributed by atoms with Crippen molar-refractivity contribution in [2.45, 2.75) is 13.3 Å². The Morgan fingerprint density at radius 2 is 1.77 bits per heavy atom. The molecule has 3 heterocycles. The third kappa shape index (κ3) is 4.32. The molecule has 0 atom stereocenters. The highest BCUT2D eigenvalue weighted by Crippen LogP contribution is 2.17. The van der Waals surface area contributed by atoms with Gasteiger partial charge < -0.3 is 15.1 Å². The maximum atomic E-state index is 12.9. The zero-order valence-corrected chi connectivity index (χ0v) is 16.9. The molecule has 0 radical (unpaired) electrons. The third-order valence-corrected chi connectivity index (χ3v) is 5.11. The van der Waals surface area contributed by atoms with Gasteiger partial charge in [0.25, 0.3) is 5.91 Å². The van der Waals surface area contributed by atoms with Gasteiger partial charge >= 0.3 is 0 Å². The highest BCUT2D eigenvalue weighted by Gasteiger charge is 2.24. The molecule has 1 aromatic carbocycles. The average molecular weight is 404 g/mol. The SMILES string of the molecule is CCC(=O)Nc1ccc(-n2cnc(C(=O)N3CCN(c4ccccc4)CC3)c2)nc1. The second-order valence-electron chi connectivity index (χ2n) is 7.09. The van der Waals surface area contributed by atoms with Crippen molar-refractivity contribution < 1.29 is 9.59 Å². The molecule has 4 rings (SSSR count). The van der Waals surface area contributed by atoms with Crippen LogP contribution in [-0.2, 0) is 4.79 Å². The second-order valence-corrected chi connectivity index (χ2v) is 7.09. The Balaban J connectivity index is 1.38. The van der Waals surface area contributed by atoms with Crippen molar-refractivity contribution >= 4 is 23.2 Å². The number of hydrogen-bond donors (Lipinski definition) is 1. The highest BCUT2D eigenvalue weighted by atomic mass is 16.2. The number of pyridine rings is 1. The fourth-order valence-corrected chi connectivity index (χ4v) is 3.39. The molecule has 0 saturated carbocycles. The lowest BCUT2D eigenvalue weighted by Gasteiger charge is -2.35. The number of amides is 2. The molecule has 1 fully saturated rings. The van der Waals surface area contributed by atoms with E-state index < -0.39 is 0 Å². The molecule has 8 nitrogen and oxygen atoms in total. The van der Waals surface area contributed by atoms with E-state index in [4.69, 9.17) is 0 Å². The molecule has 2 aromatic heterocycles. The Morgan fingerprint density at radius 1 is 1.00 bits per heavy atom. The minimum Gasteiger partial charge on any atom is -0.368 e. The molecule has 154 valence electrons. The molecule has 1 aliphatic heterocycles. The Bertz CT molecular complexity index is 1010. The molecular weight excluding hydrogens is 380 g/mol. The lowest BCUT2D eigenvalue weighted by atomic mass is 10.2. The molecule has 1 saturated heterocycles. The van der Waals surface area contributed by atoms with Crippen LogP contribution in [0.3, 0.4) is 0 Å². The lowest BCUT2D eigenvalue weighted by molar-refractivity contribution is -0.115. The summed E-state index contributed by atoms with van der Waals surface area (Å²) in [5.74, 6) is 0.491. The first-order valence-electron chi connectivity index (χ1n) is 10.0. The van der Waals surface area contributed by atoms with Crippen molar-refractivity contribution in [3.63, 3.8) is 0 Å². The van der Waals surface area contributed by atoms with Gasteiger partial charge in [-0.15, -0.1) is 0 Å². The zero-order chi connectivity index (χ0) is 20.9. The number of hydrogen-bond acceptors (Lipinski definition) is 5. The second kappa shape index (κ2) is 8.77. The third-order valence-electron chi connectivity index (χ3n) is 5.11. The molecule has 8 heteroatoms. The van der Waals surface area contributed by atoms with Gasteiger partial charge in [0.2, 0.25) is 5.91 Å². The van der Waals surface area contributed by atoms with Crippen LogP contribution in [0.5, 0.6) is 0 Å². The number of nitrogens with zero attached hydrogens (tertiary/aromatic N) is 5. The molecule has 2 amide bonds. The quantitative estimate of drug-likeness (QED) is 0.707. The van der Waals surface area contributed by atoms with Crippen LogP contribution in [0.4, 0.5) is 11.4 Å². The standard InChI is InChI=1S/C22H24N6O2/c1-2-21(29)25-17-8-9-20(23-14-17)28-15-19(24-16-28)22(30)27-12-10-26(11-13-27)18-6-4-3-5-7-18/h3-9,14-16H,2,10-13H2,1H3,(H,25,29). The van der Waals surface area contributed by atoms with Crippen LogP contribution in [0.15, 0.2) is 61.2 Å². The first-order chi connectivity index (χ1) is 14.6. The fourth-order valence-electron chi connectivity index (χ4n) is 3.39. The van der Waals surface area contributed by atoms with Crippen molar-refractivity contribution in [1.29, 1.82) is 0 Å². The minimum absolute atomic E-state index is 0.0626. The first kappa shape index (κ1) is 19.6. The molecule has 0 aliphatic carbocycles. The number of para-hydroxylation sites is 1. The molecule has 0 unspecified atom stereocenters. The lowest BCUT2D eigenvalue weighted by Crippen LogP contribution is -2.48. The number of carbonyl (C=O) groups is 2. The minimum atomic E-state index is -0.0757. The molecule has 30 heavy (non-hydrogen) atoms. The van der Waals surface area contributed by atoms with E-state index >= 15 is 0 Å². The Kier molecular flexibility index (Phi) is 5.74. The predicted octanol–water partition coefficient (Wildman–Crippen LogP) is 2.58. The summed E-state index contributed by atoms with van der Waals surface area (Å²) in [5.41, 5.74) is 2.21. The molecule has 1 N–H and O–H groups in total. The summed E-state index contributed by atoms with van der Waals surface area (Å²) in [6, 6.07) is 13.8. The number of anilines is 2. The monoisotopic (exact) mass is 404 g/mol. The van der Waals surface area contributed by atoms with Gasteiger partial charge in [-0.1, -0.05) is 25.1 Å². The van der Waals surface area contributed by atoms with Crippen molar-refractivity contribution in [2.75, 3.05) is 36.4 Å². The van der Waals surface area contributed by atoms with Crippen LogP contribution >= 0.6 is 0 Å². The van der Waals surface area contributed by atoms with Crippen molar-refractivity contribution in [1.82, 2.24) is 19.4 Å². The molecular formula is C22H24N6O2. The summed E-state index contributed by atoms with van der Waals surface area (Å²) >= 11 is 0. The number of benzene rings is 1. The van der Waals surface area contributed by atoms with Crippen molar-refractivity contribution in [3.05, 3.63) is 66.9 Å². The van der Waals surface area contributed by atoms with Crippen LogP contribution in [0.1, 0.15) is 23.8 Å². The number of piperazine rings is 1. The summed E-state index contributed by atoms with van der Waals surface area (Å²) in [6.07, 6.45) is 5.28. The predicted molar refractivity (Wildman–Crippen MR) is 115 cm³/mol. The van der Waals surface area contributed by atoms with E-state index in [0.29, 0.717) is 36.7 Å². The Labute approximate surface area is 175 Å². The van der Waals surface area contributed by atoms with Gasteiger partial charge in [-0.3, -0.25) is 14.2 Å². The van der Waals surface area contributed by atoms with Crippen LogP contribution in [0.2, 0.25) is 0 Å². The number of rotatable bonds is 5. The van der Waals surface area contributed by atoms with E-state index in [0.717, 1.165) is 13.1 Å². The first-order valence-corrected chi connectivity index (χ1v) is 10.0. The van der Waals surface area contributed by atoms with Gasteiger partial charge in [-0.05, 0) is 24.3 Å². The van der Waals surface area contributed by atoms with E-state index in [1.165, 1.54) is 5.69 Å². The number of carbonyl (C=O) groups excluding carboxylic acids is 2. The summed E-state index contributed by atoms with van der Waals surface area (Å²) in [6.45, 7) is 4.70. The van der Waals surface area contributed by atoms with E-state index in [1.807, 2.05) is 23.1 Å². The normalized spacial score (nSPS) is 13.9. The summed E-state index contributed by atoms with van der Waals surface area (Å²) < 4.78 is 1.71. The smallest absolute Gasteiger partial charge is 0.274 e. The average Bonchev–Trinajstić information content (AvgIpc) is 3.30. The maximum absolute atomic E-state index is 12.9. The van der Waals surface area contributed by atoms with Gasteiger partial charge in [0.05, 0.1) is 11.9 Å². The maximum Gasteiger partial charge on any atom is 0.274 e. The number of imidazole rings is 1. The van der Waals surface area contributed by atoms with Gasteiger partial charge in [0, 0.05) is 44.5 Å². The van der Waals surface area contributed by atoms with Gasteiger partial charge in [-0.2, -0.15) is 0 Å². The van der Waals surface area contributed by atoms with Crippen molar-refractivity contribution in [3.8, 4) is 5.82 Å². The van der Waals surface area contributed by atoms with Gasteiger partial charge in [-0.25, -0.2) is 9.97 Å². The number of nitrogens with one attached hydrogen (secondary N) is 1. The molecule has 1 aliphatic rings. The molecule has 0 bridgehead atoms. The Morgan fingerprint density at radius 3 is 2.43 bits per heavy atom. The summed E-state index contributed by atoms with van der Waals surface area (Å²) in [7, 11) is 0. The number of aromatic nitrogens is 3. The van der Waals surface area contributed by atoms with E-state index in [2.05, 4.69) is 32.3 Å². The van der Waals surface area contributed by atoms with Crippen molar-refractivity contribution in [2.24, 2.45) is 0 Å². The highest BCUT2D eigenvalue weighted by molar-refractivity contribution is 5.92. The van der Waals surface area contributed by atoms with Crippen LogP contribution < -0.4 is 10.2 Å². The van der Waals surface area contributed by atoms with Crippen LogP contribution in [-0.4, -0.2) is 57.4 Å². The topological polar surface area (TPSA) is 83.4 Å².